The van der Waals surface area contributed by atoms with Gasteiger partial charge in [-0.3, -0.25) is 9.48 Å². The summed E-state index contributed by atoms with van der Waals surface area (Å²) in [5.41, 5.74) is 2.06. The molecule has 0 radical (unpaired) electrons. The van der Waals surface area contributed by atoms with E-state index in [0.29, 0.717) is 38.5 Å². The molecule has 0 aliphatic carbocycles. The highest BCUT2D eigenvalue weighted by molar-refractivity contribution is 5.86. The number of rotatable bonds is 8. The first kappa shape index (κ1) is 20.6. The average Bonchev–Trinajstić information content (AvgIpc) is 3.08. The van der Waals surface area contributed by atoms with Crippen molar-refractivity contribution in [2.24, 2.45) is 0 Å². The highest BCUT2D eigenvalue weighted by Crippen LogP contribution is 2.24. The maximum Gasteiger partial charge on any atom is 0.256 e. The molecule has 0 unspecified atom stereocenters. The molecule has 1 fully saturated rings. The van der Waals surface area contributed by atoms with Crippen molar-refractivity contribution in [1.29, 1.82) is 0 Å². The van der Waals surface area contributed by atoms with Gasteiger partial charge in [0, 0.05) is 32.4 Å². The third-order valence-electron chi connectivity index (χ3n) is 5.43. The van der Waals surface area contributed by atoms with Gasteiger partial charge >= 0.3 is 0 Å². The molecule has 152 valence electrons. The fourth-order valence-corrected chi connectivity index (χ4v) is 3.68. The molecule has 0 saturated carbocycles. The van der Waals surface area contributed by atoms with Crippen LogP contribution in [0.25, 0.3) is 0 Å². The van der Waals surface area contributed by atoms with Gasteiger partial charge in [-0.25, -0.2) is 0 Å². The summed E-state index contributed by atoms with van der Waals surface area (Å²) < 4.78 is 1.86. The van der Waals surface area contributed by atoms with Crippen LogP contribution in [0.3, 0.4) is 0 Å². The molecule has 1 aliphatic heterocycles. The van der Waals surface area contributed by atoms with Crippen molar-refractivity contribution in [1.82, 2.24) is 20.0 Å². The third kappa shape index (κ3) is 5.00. The monoisotopic (exact) mass is 384 g/mol. The Balaban J connectivity index is 1.53. The first-order chi connectivity index (χ1) is 13.4. The lowest BCUT2D eigenvalue weighted by molar-refractivity contribution is -0.157. The van der Waals surface area contributed by atoms with Crippen LogP contribution >= 0.6 is 0 Å². The summed E-state index contributed by atoms with van der Waals surface area (Å²) >= 11 is 0. The Morgan fingerprint density at radius 3 is 2.64 bits per heavy atom. The fourth-order valence-electron chi connectivity index (χ4n) is 3.68. The van der Waals surface area contributed by atoms with Gasteiger partial charge in [0.2, 0.25) is 0 Å². The van der Waals surface area contributed by atoms with E-state index in [2.05, 4.69) is 48.5 Å². The lowest BCUT2D eigenvalue weighted by Crippen LogP contribution is -2.57. The number of nitrogens with one attached hydrogen (secondary N) is 1. The second kappa shape index (κ2) is 8.88. The van der Waals surface area contributed by atoms with Gasteiger partial charge in [0.25, 0.3) is 5.91 Å². The number of aryl methyl sites for hydroxylation is 1. The van der Waals surface area contributed by atoms with Gasteiger partial charge in [0.1, 0.15) is 0 Å². The number of hydrogen-bond acceptors (Lipinski definition) is 4. The SMILES string of the molecule is Cc1ccn(CCNC[C@]2(O)CCCN(Cc3ccc(C(C)C)cc3)C2=O)n1. The summed E-state index contributed by atoms with van der Waals surface area (Å²) in [6.45, 7) is 9.18. The Morgan fingerprint density at radius 2 is 2.00 bits per heavy atom. The number of hydrogen-bond donors (Lipinski definition) is 2. The number of piperidine rings is 1. The van der Waals surface area contributed by atoms with Crippen molar-refractivity contribution in [3.8, 4) is 0 Å². The van der Waals surface area contributed by atoms with E-state index < -0.39 is 5.60 Å². The van der Waals surface area contributed by atoms with Gasteiger partial charge in [0.05, 0.1) is 12.2 Å². The van der Waals surface area contributed by atoms with Crippen LogP contribution in [0.1, 0.15) is 49.4 Å². The van der Waals surface area contributed by atoms with E-state index in [-0.39, 0.29) is 12.5 Å². The van der Waals surface area contributed by atoms with Crippen LogP contribution in [0.2, 0.25) is 0 Å². The van der Waals surface area contributed by atoms with Gasteiger partial charge in [-0.05, 0) is 42.9 Å². The van der Waals surface area contributed by atoms with Gasteiger partial charge in [-0.2, -0.15) is 5.10 Å². The highest BCUT2D eigenvalue weighted by Gasteiger charge is 2.41. The maximum atomic E-state index is 12.9. The van der Waals surface area contributed by atoms with E-state index >= 15 is 0 Å². The van der Waals surface area contributed by atoms with E-state index in [4.69, 9.17) is 0 Å². The molecule has 2 N–H and O–H groups in total. The topological polar surface area (TPSA) is 70.4 Å². The van der Waals surface area contributed by atoms with Crippen LogP contribution in [0.15, 0.2) is 36.5 Å². The van der Waals surface area contributed by atoms with Crippen molar-refractivity contribution in [3.05, 3.63) is 53.3 Å². The molecular weight excluding hydrogens is 352 g/mol. The van der Waals surface area contributed by atoms with Crippen LogP contribution in [-0.2, 0) is 17.9 Å². The fraction of sp³-hybridized carbons (Fsp3) is 0.545. The number of carbonyl (C=O) groups excluding carboxylic acids is 1. The summed E-state index contributed by atoms with van der Waals surface area (Å²) in [5.74, 6) is 0.321. The zero-order chi connectivity index (χ0) is 20.1. The van der Waals surface area contributed by atoms with Crippen molar-refractivity contribution in [3.63, 3.8) is 0 Å². The molecule has 1 atom stereocenters. The predicted octanol–water partition coefficient (Wildman–Crippen LogP) is 2.46. The van der Waals surface area contributed by atoms with Crippen LogP contribution in [0.4, 0.5) is 0 Å². The highest BCUT2D eigenvalue weighted by atomic mass is 16.3. The molecule has 3 rings (SSSR count). The molecule has 2 aromatic rings. The number of likely N-dealkylation sites (tertiary alicyclic amines) is 1. The van der Waals surface area contributed by atoms with Crippen molar-refractivity contribution >= 4 is 5.91 Å². The van der Waals surface area contributed by atoms with Crippen molar-refractivity contribution in [2.75, 3.05) is 19.6 Å². The van der Waals surface area contributed by atoms with Gasteiger partial charge < -0.3 is 15.3 Å². The lowest BCUT2D eigenvalue weighted by atomic mass is 9.91. The first-order valence-electron chi connectivity index (χ1n) is 10.2. The second-order valence-corrected chi connectivity index (χ2v) is 8.16. The average molecular weight is 385 g/mol. The largest absolute Gasteiger partial charge is 0.379 e. The first-order valence-corrected chi connectivity index (χ1v) is 10.2. The van der Waals surface area contributed by atoms with E-state index in [1.54, 1.807) is 4.90 Å². The number of nitrogens with zero attached hydrogens (tertiary/aromatic N) is 3. The van der Waals surface area contributed by atoms with Crippen molar-refractivity contribution < 1.29 is 9.90 Å². The minimum Gasteiger partial charge on any atom is -0.379 e. The number of aromatic nitrogens is 2. The minimum atomic E-state index is -1.32. The van der Waals surface area contributed by atoms with E-state index in [1.807, 2.05) is 23.9 Å². The number of amides is 1. The van der Waals surface area contributed by atoms with Gasteiger partial charge in [0.15, 0.2) is 5.60 Å². The summed E-state index contributed by atoms with van der Waals surface area (Å²) in [4.78, 5) is 14.7. The van der Waals surface area contributed by atoms with Gasteiger partial charge in [-0.15, -0.1) is 0 Å². The standard InChI is InChI=1S/C22H32N4O2/c1-17(2)20-7-5-19(6-8-20)15-25-12-4-10-22(28,21(25)27)16-23-11-14-26-13-9-18(3)24-26/h5-9,13,17,23,28H,4,10-12,14-16H2,1-3H3/t22-/m1/s1. The Bertz CT molecular complexity index is 784. The number of carbonyl (C=O) groups is 1. The van der Waals surface area contributed by atoms with Crippen LogP contribution < -0.4 is 5.32 Å². The predicted molar refractivity (Wildman–Crippen MR) is 110 cm³/mol. The molecule has 0 bridgehead atoms. The third-order valence-corrected chi connectivity index (χ3v) is 5.43. The molecule has 1 aromatic heterocycles. The zero-order valence-corrected chi connectivity index (χ0v) is 17.2. The van der Waals surface area contributed by atoms with E-state index in [1.165, 1.54) is 5.56 Å². The summed E-state index contributed by atoms with van der Waals surface area (Å²) in [6, 6.07) is 10.4. The van der Waals surface area contributed by atoms with Crippen LogP contribution in [0.5, 0.6) is 0 Å². The molecule has 1 amide bonds. The molecule has 28 heavy (non-hydrogen) atoms. The lowest BCUT2D eigenvalue weighted by Gasteiger charge is -2.38. The molecule has 1 aliphatic rings. The zero-order valence-electron chi connectivity index (χ0n) is 17.2. The molecule has 0 spiro atoms. The quantitative estimate of drug-likeness (QED) is 0.686. The maximum absolute atomic E-state index is 12.9. The number of aliphatic hydroxyl groups is 1. The molecule has 6 nitrogen and oxygen atoms in total. The summed E-state index contributed by atoms with van der Waals surface area (Å²) in [7, 11) is 0. The molecule has 2 heterocycles. The minimum absolute atomic E-state index is 0.172. The Hall–Kier alpha value is -2.18. The molecular formula is C22H32N4O2. The Morgan fingerprint density at radius 1 is 1.25 bits per heavy atom. The summed E-state index contributed by atoms with van der Waals surface area (Å²) in [5, 5.41) is 18.5. The normalized spacial score (nSPS) is 20.2. The molecule has 1 saturated heterocycles. The van der Waals surface area contributed by atoms with Crippen LogP contribution in [-0.4, -0.2) is 50.9 Å². The Kier molecular flexibility index (Phi) is 6.52. The smallest absolute Gasteiger partial charge is 0.256 e. The molecule has 1 aromatic carbocycles. The summed E-state index contributed by atoms with van der Waals surface area (Å²) in [6.07, 6.45) is 3.25. The van der Waals surface area contributed by atoms with Gasteiger partial charge in [-0.1, -0.05) is 38.1 Å². The van der Waals surface area contributed by atoms with E-state index in [0.717, 1.165) is 17.7 Å². The van der Waals surface area contributed by atoms with E-state index in [9.17, 15) is 9.90 Å². The second-order valence-electron chi connectivity index (χ2n) is 8.16. The number of benzene rings is 1. The van der Waals surface area contributed by atoms with Crippen LogP contribution in [0, 0.1) is 6.92 Å². The Labute approximate surface area is 167 Å². The van der Waals surface area contributed by atoms with Crippen molar-refractivity contribution in [2.45, 2.75) is 58.2 Å². The molecule has 6 heteroatoms.